The molecule has 1 atom stereocenters. The fourth-order valence-corrected chi connectivity index (χ4v) is 3.07. The topological polar surface area (TPSA) is 9.23 Å². The van der Waals surface area contributed by atoms with Gasteiger partial charge in [0.05, 0.1) is 16.4 Å². The Morgan fingerprint density at radius 3 is 2.47 bits per heavy atom. The molecule has 0 saturated carbocycles. The van der Waals surface area contributed by atoms with E-state index in [4.69, 9.17) is 4.74 Å². The minimum absolute atomic E-state index is 0.185. The van der Waals surface area contributed by atoms with Crippen LogP contribution in [0.3, 0.4) is 0 Å². The number of aryl methyl sites for hydroxylation is 1. The van der Waals surface area contributed by atoms with Crippen molar-refractivity contribution >= 4 is 31.9 Å². The summed E-state index contributed by atoms with van der Waals surface area (Å²) in [7, 11) is 1.62. The van der Waals surface area contributed by atoms with E-state index in [0.717, 1.165) is 21.3 Å². The van der Waals surface area contributed by atoms with Gasteiger partial charge in [0.25, 0.3) is 0 Å². The van der Waals surface area contributed by atoms with Gasteiger partial charge in [-0.2, -0.15) is 0 Å². The Hall–Kier alpha value is -0.870. The lowest BCUT2D eigenvalue weighted by Crippen LogP contribution is -1.97. The van der Waals surface area contributed by atoms with E-state index in [1.165, 1.54) is 0 Å². The van der Waals surface area contributed by atoms with Crippen molar-refractivity contribution < 1.29 is 9.13 Å². The fourth-order valence-electron chi connectivity index (χ4n) is 1.86. The van der Waals surface area contributed by atoms with Crippen LogP contribution in [0.5, 0.6) is 5.75 Å². The Bertz CT molecular complexity index is 599. The zero-order chi connectivity index (χ0) is 14.0. The highest BCUT2D eigenvalue weighted by Gasteiger charge is 2.16. The summed E-state index contributed by atoms with van der Waals surface area (Å²) in [6, 6.07) is 11.0. The van der Waals surface area contributed by atoms with Crippen LogP contribution in [0.1, 0.15) is 21.5 Å². The van der Waals surface area contributed by atoms with Gasteiger partial charge in [0.1, 0.15) is 11.6 Å². The molecular weight excluding hydrogens is 375 g/mol. The first-order chi connectivity index (χ1) is 9.02. The minimum Gasteiger partial charge on any atom is -0.496 e. The second-order valence-electron chi connectivity index (χ2n) is 4.28. The number of benzene rings is 2. The van der Waals surface area contributed by atoms with Crippen LogP contribution in [0, 0.1) is 12.7 Å². The van der Waals surface area contributed by atoms with Crippen molar-refractivity contribution in [1.82, 2.24) is 0 Å². The molecule has 0 aliphatic rings. The number of ether oxygens (including phenoxy) is 1. The molecule has 2 aromatic carbocycles. The van der Waals surface area contributed by atoms with Gasteiger partial charge in [-0.05, 0) is 52.2 Å². The number of rotatable bonds is 3. The molecule has 19 heavy (non-hydrogen) atoms. The third-order valence-electron chi connectivity index (χ3n) is 2.90. The van der Waals surface area contributed by atoms with Crippen LogP contribution in [0.25, 0.3) is 0 Å². The lowest BCUT2D eigenvalue weighted by Gasteiger charge is -2.14. The summed E-state index contributed by atoms with van der Waals surface area (Å²) in [5, 5.41) is 0. The molecule has 4 heteroatoms. The first-order valence-electron chi connectivity index (χ1n) is 5.76. The lowest BCUT2D eigenvalue weighted by molar-refractivity contribution is 0.412. The van der Waals surface area contributed by atoms with E-state index in [2.05, 4.69) is 31.9 Å². The van der Waals surface area contributed by atoms with Crippen LogP contribution in [0.4, 0.5) is 4.39 Å². The summed E-state index contributed by atoms with van der Waals surface area (Å²) < 4.78 is 20.0. The molecule has 1 nitrogen and oxygen atoms in total. The lowest BCUT2D eigenvalue weighted by atomic mass is 10.0. The third-order valence-corrected chi connectivity index (χ3v) is 4.54. The quantitative estimate of drug-likeness (QED) is 0.641. The van der Waals surface area contributed by atoms with Crippen LogP contribution in [-0.4, -0.2) is 7.11 Å². The highest BCUT2D eigenvalue weighted by atomic mass is 79.9. The molecule has 100 valence electrons. The molecular formula is C15H13Br2FO. The van der Waals surface area contributed by atoms with Crippen molar-refractivity contribution in [2.24, 2.45) is 0 Å². The largest absolute Gasteiger partial charge is 0.496 e. The molecule has 0 amide bonds. The predicted octanol–water partition coefficient (Wildman–Crippen LogP) is 5.39. The molecule has 0 aliphatic carbocycles. The summed E-state index contributed by atoms with van der Waals surface area (Å²) in [5.74, 6) is 0.557. The molecule has 2 aromatic rings. The molecule has 0 saturated heterocycles. The summed E-state index contributed by atoms with van der Waals surface area (Å²) in [6.07, 6.45) is 0. The Labute approximate surface area is 129 Å². The standard InChI is InChI=1S/C15H13Br2FO/c1-9-3-5-11(13(18)7-9)15(17)10-4-6-14(19-2)12(16)8-10/h3-8,15H,1-2H3. The maximum Gasteiger partial charge on any atom is 0.133 e. The monoisotopic (exact) mass is 386 g/mol. The molecule has 0 fully saturated rings. The van der Waals surface area contributed by atoms with Crippen molar-refractivity contribution in [2.45, 2.75) is 11.8 Å². The summed E-state index contributed by atoms with van der Waals surface area (Å²) in [6.45, 7) is 1.88. The predicted molar refractivity (Wildman–Crippen MR) is 82.6 cm³/mol. The summed E-state index contributed by atoms with van der Waals surface area (Å²) in [5.41, 5.74) is 2.51. The Balaban J connectivity index is 2.38. The fraction of sp³-hybridized carbons (Fsp3) is 0.200. The zero-order valence-electron chi connectivity index (χ0n) is 10.6. The number of hydrogen-bond acceptors (Lipinski definition) is 1. The number of halogens is 3. The van der Waals surface area contributed by atoms with E-state index >= 15 is 0 Å². The third kappa shape index (κ3) is 3.18. The van der Waals surface area contributed by atoms with E-state index in [-0.39, 0.29) is 10.6 Å². The Kier molecular flexibility index (Phi) is 4.63. The first kappa shape index (κ1) is 14.5. The van der Waals surface area contributed by atoms with Crippen LogP contribution in [0.2, 0.25) is 0 Å². The van der Waals surface area contributed by atoms with Crippen molar-refractivity contribution in [1.29, 1.82) is 0 Å². The van der Waals surface area contributed by atoms with Gasteiger partial charge in [0.15, 0.2) is 0 Å². The van der Waals surface area contributed by atoms with E-state index in [1.54, 1.807) is 13.2 Å². The molecule has 0 aromatic heterocycles. The normalized spacial score (nSPS) is 12.3. The molecule has 0 aliphatic heterocycles. The van der Waals surface area contributed by atoms with Gasteiger partial charge < -0.3 is 4.74 Å². The highest BCUT2D eigenvalue weighted by Crippen LogP contribution is 2.36. The molecule has 1 unspecified atom stereocenters. The molecule has 0 N–H and O–H groups in total. The van der Waals surface area contributed by atoms with E-state index in [0.29, 0.717) is 5.56 Å². The van der Waals surface area contributed by atoms with Gasteiger partial charge in [-0.25, -0.2) is 4.39 Å². The van der Waals surface area contributed by atoms with Gasteiger partial charge >= 0.3 is 0 Å². The maximum absolute atomic E-state index is 14.0. The average Bonchev–Trinajstić information content (AvgIpc) is 2.38. The van der Waals surface area contributed by atoms with Crippen LogP contribution < -0.4 is 4.74 Å². The van der Waals surface area contributed by atoms with Crippen LogP contribution >= 0.6 is 31.9 Å². The Morgan fingerprint density at radius 1 is 1.16 bits per heavy atom. The second-order valence-corrected chi connectivity index (χ2v) is 6.05. The Morgan fingerprint density at radius 2 is 1.89 bits per heavy atom. The second kappa shape index (κ2) is 6.06. The molecule has 0 bridgehead atoms. The number of methoxy groups -OCH3 is 1. The van der Waals surface area contributed by atoms with Gasteiger partial charge in [0.2, 0.25) is 0 Å². The van der Waals surface area contributed by atoms with E-state index in [9.17, 15) is 4.39 Å². The minimum atomic E-state index is -0.200. The number of alkyl halides is 1. The van der Waals surface area contributed by atoms with Crippen molar-refractivity contribution in [2.75, 3.05) is 7.11 Å². The smallest absolute Gasteiger partial charge is 0.133 e. The van der Waals surface area contributed by atoms with Crippen molar-refractivity contribution in [3.05, 3.63) is 63.4 Å². The SMILES string of the molecule is COc1ccc(C(Br)c2ccc(C)cc2F)cc1Br. The highest BCUT2D eigenvalue weighted by molar-refractivity contribution is 9.10. The summed E-state index contributed by atoms with van der Waals surface area (Å²) in [4.78, 5) is -0.185. The van der Waals surface area contributed by atoms with Gasteiger partial charge in [0, 0.05) is 5.56 Å². The average molecular weight is 388 g/mol. The number of hydrogen-bond donors (Lipinski definition) is 0. The molecule has 0 spiro atoms. The van der Waals surface area contributed by atoms with Gasteiger partial charge in [-0.3, -0.25) is 0 Å². The van der Waals surface area contributed by atoms with E-state index < -0.39 is 0 Å². The molecule has 0 radical (unpaired) electrons. The van der Waals surface area contributed by atoms with Gasteiger partial charge in [-0.15, -0.1) is 0 Å². The summed E-state index contributed by atoms with van der Waals surface area (Å²) >= 11 is 6.99. The first-order valence-corrected chi connectivity index (χ1v) is 7.47. The van der Waals surface area contributed by atoms with Gasteiger partial charge in [-0.1, -0.05) is 34.1 Å². The zero-order valence-corrected chi connectivity index (χ0v) is 13.8. The van der Waals surface area contributed by atoms with Crippen molar-refractivity contribution in [3.8, 4) is 5.75 Å². The van der Waals surface area contributed by atoms with Crippen molar-refractivity contribution in [3.63, 3.8) is 0 Å². The van der Waals surface area contributed by atoms with Crippen LogP contribution in [-0.2, 0) is 0 Å². The van der Waals surface area contributed by atoms with Crippen LogP contribution in [0.15, 0.2) is 40.9 Å². The van der Waals surface area contributed by atoms with E-state index in [1.807, 2.05) is 37.3 Å². The maximum atomic E-state index is 14.0. The molecule has 0 heterocycles. The molecule has 2 rings (SSSR count).